The van der Waals surface area contributed by atoms with Crippen molar-refractivity contribution in [2.45, 2.75) is 38.6 Å². The van der Waals surface area contributed by atoms with Gasteiger partial charge < -0.3 is 15.0 Å². The predicted molar refractivity (Wildman–Crippen MR) is 93.7 cm³/mol. The standard InChI is InChI=1S/C17H22Cl2N2O2/c1-2-3-13(20)10-14-11-23-7-6-21(14)17(22)9-12-4-5-15(18)16(19)8-12/h4-5,8,14,20H,2-3,6-7,9-11H2,1H3. The lowest BCUT2D eigenvalue weighted by molar-refractivity contribution is -0.138. The van der Waals surface area contributed by atoms with Crippen LogP contribution < -0.4 is 0 Å². The van der Waals surface area contributed by atoms with E-state index in [1.165, 1.54) is 0 Å². The molecule has 0 aliphatic carbocycles. The van der Waals surface area contributed by atoms with E-state index in [1.54, 1.807) is 12.1 Å². The van der Waals surface area contributed by atoms with E-state index in [-0.39, 0.29) is 18.4 Å². The van der Waals surface area contributed by atoms with Gasteiger partial charge in [0.05, 0.1) is 35.7 Å². The van der Waals surface area contributed by atoms with Crippen molar-refractivity contribution in [3.8, 4) is 0 Å². The molecule has 126 valence electrons. The van der Waals surface area contributed by atoms with Crippen molar-refractivity contribution < 1.29 is 9.53 Å². The van der Waals surface area contributed by atoms with Gasteiger partial charge in [-0.2, -0.15) is 0 Å². The van der Waals surface area contributed by atoms with Gasteiger partial charge in [-0.1, -0.05) is 42.6 Å². The number of hydrogen-bond acceptors (Lipinski definition) is 3. The Bertz CT molecular complexity index is 578. The van der Waals surface area contributed by atoms with E-state index in [0.717, 1.165) is 18.4 Å². The highest BCUT2D eigenvalue weighted by atomic mass is 35.5. The highest BCUT2D eigenvalue weighted by Crippen LogP contribution is 2.23. The van der Waals surface area contributed by atoms with Crippen LogP contribution in [0.5, 0.6) is 0 Å². The molecule has 23 heavy (non-hydrogen) atoms. The topological polar surface area (TPSA) is 53.4 Å². The molecule has 1 aliphatic heterocycles. The fraction of sp³-hybridized carbons (Fsp3) is 0.529. The third-order valence-electron chi connectivity index (χ3n) is 3.92. The van der Waals surface area contributed by atoms with Crippen molar-refractivity contribution in [3.63, 3.8) is 0 Å². The lowest BCUT2D eigenvalue weighted by atomic mass is 10.0. The fourth-order valence-electron chi connectivity index (χ4n) is 2.77. The van der Waals surface area contributed by atoms with Gasteiger partial charge in [0.2, 0.25) is 5.91 Å². The molecule has 1 aromatic carbocycles. The first-order chi connectivity index (χ1) is 11.0. The Morgan fingerprint density at radius 2 is 2.17 bits per heavy atom. The third-order valence-corrected chi connectivity index (χ3v) is 4.66. The first kappa shape index (κ1) is 18.2. The van der Waals surface area contributed by atoms with Crippen LogP contribution in [0.4, 0.5) is 0 Å². The zero-order chi connectivity index (χ0) is 16.8. The maximum Gasteiger partial charge on any atom is 0.227 e. The maximum atomic E-state index is 12.6. The minimum absolute atomic E-state index is 0.0426. The van der Waals surface area contributed by atoms with Gasteiger partial charge >= 0.3 is 0 Å². The van der Waals surface area contributed by atoms with Gasteiger partial charge in [0.25, 0.3) is 0 Å². The molecule has 1 amide bonds. The quantitative estimate of drug-likeness (QED) is 0.783. The van der Waals surface area contributed by atoms with E-state index >= 15 is 0 Å². The van der Waals surface area contributed by atoms with Crippen molar-refractivity contribution in [1.29, 1.82) is 5.41 Å². The van der Waals surface area contributed by atoms with Crippen LogP contribution in [-0.2, 0) is 16.0 Å². The largest absolute Gasteiger partial charge is 0.377 e. The van der Waals surface area contributed by atoms with Crippen molar-refractivity contribution in [1.82, 2.24) is 4.90 Å². The second-order valence-electron chi connectivity index (χ2n) is 5.80. The van der Waals surface area contributed by atoms with Crippen LogP contribution in [0.25, 0.3) is 0 Å². The Kier molecular flexibility index (Phi) is 6.88. The lowest BCUT2D eigenvalue weighted by Gasteiger charge is -2.36. The average molecular weight is 357 g/mol. The lowest BCUT2D eigenvalue weighted by Crippen LogP contribution is -2.50. The molecule has 1 N–H and O–H groups in total. The van der Waals surface area contributed by atoms with Gasteiger partial charge in [0.1, 0.15) is 0 Å². The zero-order valence-electron chi connectivity index (χ0n) is 13.3. The third kappa shape index (κ3) is 5.20. The Morgan fingerprint density at radius 1 is 1.39 bits per heavy atom. The molecule has 0 bridgehead atoms. The summed E-state index contributed by atoms with van der Waals surface area (Å²) in [5, 5.41) is 8.95. The van der Waals surface area contributed by atoms with Gasteiger partial charge in [-0.05, 0) is 24.1 Å². The number of morpholine rings is 1. The van der Waals surface area contributed by atoms with Crippen LogP contribution in [-0.4, -0.2) is 42.3 Å². The molecule has 1 aliphatic rings. The molecule has 1 saturated heterocycles. The van der Waals surface area contributed by atoms with Crippen molar-refractivity contribution in [2.24, 2.45) is 0 Å². The average Bonchev–Trinajstić information content (AvgIpc) is 2.51. The Labute approximate surface area is 147 Å². The summed E-state index contributed by atoms with van der Waals surface area (Å²) in [7, 11) is 0. The number of halogens is 2. The molecule has 0 aromatic heterocycles. The minimum Gasteiger partial charge on any atom is -0.377 e. The monoisotopic (exact) mass is 356 g/mol. The van der Waals surface area contributed by atoms with E-state index in [4.69, 9.17) is 33.3 Å². The van der Waals surface area contributed by atoms with E-state index in [2.05, 4.69) is 6.92 Å². The summed E-state index contributed by atoms with van der Waals surface area (Å²) in [6.45, 7) is 3.67. The number of benzene rings is 1. The number of rotatable bonds is 6. The molecule has 1 unspecified atom stereocenters. The molecule has 4 nitrogen and oxygen atoms in total. The first-order valence-electron chi connectivity index (χ1n) is 7.88. The Hall–Kier alpha value is -1.10. The first-order valence-corrected chi connectivity index (χ1v) is 8.64. The molecule has 2 rings (SSSR count). The highest BCUT2D eigenvalue weighted by Gasteiger charge is 2.28. The molecule has 1 fully saturated rings. The fourth-order valence-corrected chi connectivity index (χ4v) is 3.09. The number of carbonyl (C=O) groups excluding carboxylic acids is 1. The highest BCUT2D eigenvalue weighted by molar-refractivity contribution is 6.42. The molecule has 6 heteroatoms. The number of carbonyl (C=O) groups is 1. The molecule has 0 saturated carbocycles. The summed E-state index contributed by atoms with van der Waals surface area (Å²) in [4.78, 5) is 14.5. The SMILES string of the molecule is CCCC(=N)CC1COCCN1C(=O)Cc1ccc(Cl)c(Cl)c1. The van der Waals surface area contributed by atoms with Crippen LogP contribution in [0.15, 0.2) is 18.2 Å². The van der Waals surface area contributed by atoms with Crippen LogP contribution in [0.1, 0.15) is 31.7 Å². The molecule has 0 spiro atoms. The molecule has 1 atom stereocenters. The molecular weight excluding hydrogens is 335 g/mol. The number of ether oxygens (including phenoxy) is 1. The number of nitrogens with one attached hydrogen (secondary N) is 1. The summed E-state index contributed by atoms with van der Waals surface area (Å²) in [5.41, 5.74) is 1.52. The summed E-state index contributed by atoms with van der Waals surface area (Å²) in [5.74, 6) is 0.0426. The summed E-state index contributed by atoms with van der Waals surface area (Å²) >= 11 is 11.9. The smallest absolute Gasteiger partial charge is 0.227 e. The van der Waals surface area contributed by atoms with Crippen LogP contribution >= 0.6 is 23.2 Å². The van der Waals surface area contributed by atoms with Gasteiger partial charge in [0.15, 0.2) is 0 Å². The van der Waals surface area contributed by atoms with Gasteiger partial charge in [-0.25, -0.2) is 0 Å². The molecule has 1 heterocycles. The molecular formula is C17H22Cl2N2O2. The predicted octanol–water partition coefficient (Wildman–Crippen LogP) is 3.97. The zero-order valence-corrected chi connectivity index (χ0v) is 14.8. The summed E-state index contributed by atoms with van der Waals surface area (Å²) in [6, 6.07) is 5.22. The van der Waals surface area contributed by atoms with Gasteiger partial charge in [0, 0.05) is 18.7 Å². The summed E-state index contributed by atoms with van der Waals surface area (Å²) in [6.07, 6.45) is 2.59. The van der Waals surface area contributed by atoms with Crippen molar-refractivity contribution in [3.05, 3.63) is 33.8 Å². The Morgan fingerprint density at radius 3 is 2.87 bits per heavy atom. The second kappa shape index (κ2) is 8.67. The summed E-state index contributed by atoms with van der Waals surface area (Å²) < 4.78 is 5.50. The second-order valence-corrected chi connectivity index (χ2v) is 6.61. The minimum atomic E-state index is -0.0435. The van der Waals surface area contributed by atoms with Crippen LogP contribution in [0.2, 0.25) is 10.0 Å². The Balaban J connectivity index is 2.02. The number of hydrogen-bond donors (Lipinski definition) is 1. The van der Waals surface area contributed by atoms with E-state index in [9.17, 15) is 4.79 Å². The van der Waals surface area contributed by atoms with Crippen LogP contribution in [0, 0.1) is 5.41 Å². The van der Waals surface area contributed by atoms with Crippen molar-refractivity contribution in [2.75, 3.05) is 19.8 Å². The number of amides is 1. The maximum absolute atomic E-state index is 12.6. The van der Waals surface area contributed by atoms with E-state index < -0.39 is 0 Å². The van der Waals surface area contributed by atoms with E-state index in [0.29, 0.717) is 41.9 Å². The van der Waals surface area contributed by atoms with Crippen LogP contribution in [0.3, 0.4) is 0 Å². The van der Waals surface area contributed by atoms with E-state index in [1.807, 2.05) is 11.0 Å². The van der Waals surface area contributed by atoms with Gasteiger partial charge in [-0.15, -0.1) is 0 Å². The molecule has 0 radical (unpaired) electrons. The number of nitrogens with zero attached hydrogens (tertiary/aromatic N) is 1. The van der Waals surface area contributed by atoms with Gasteiger partial charge in [-0.3, -0.25) is 4.79 Å². The normalized spacial score (nSPS) is 18.0. The van der Waals surface area contributed by atoms with Crippen molar-refractivity contribution >= 4 is 34.8 Å². The molecule has 1 aromatic rings.